The number of imidazole rings is 1. The highest BCUT2D eigenvalue weighted by Gasteiger charge is 2.26. The van der Waals surface area contributed by atoms with Gasteiger partial charge in [-0.2, -0.15) is 0 Å². The zero-order valence-electron chi connectivity index (χ0n) is 20.7. The van der Waals surface area contributed by atoms with Crippen LogP contribution in [0.1, 0.15) is 41.7 Å². The molecule has 37 heavy (non-hydrogen) atoms. The third-order valence-corrected chi connectivity index (χ3v) is 7.28. The number of fused-ring (bicyclic) bond motifs is 1. The molecule has 1 aliphatic carbocycles. The van der Waals surface area contributed by atoms with Crippen LogP contribution in [0, 0.1) is 18.7 Å². The number of anilines is 1. The van der Waals surface area contributed by atoms with Gasteiger partial charge in [0.25, 0.3) is 5.91 Å². The van der Waals surface area contributed by atoms with Crippen LogP contribution in [-0.2, 0) is 6.54 Å². The number of aromatic nitrogens is 4. The average Bonchev–Trinajstić information content (AvgIpc) is 3.17. The number of aryl methyl sites for hydroxylation is 1. The number of pyridine rings is 2. The highest BCUT2D eigenvalue weighted by atomic mass is 35.5. The summed E-state index contributed by atoms with van der Waals surface area (Å²) in [4.78, 5) is 34.6. The fourth-order valence-electron chi connectivity index (χ4n) is 5.12. The van der Waals surface area contributed by atoms with E-state index in [1.165, 1.54) is 23.0 Å². The number of carbonyl (C=O) groups is 1. The molecule has 192 valence electrons. The van der Waals surface area contributed by atoms with Crippen LogP contribution in [0.3, 0.4) is 0 Å². The molecular weight excluding hydrogens is 495 g/mol. The van der Waals surface area contributed by atoms with Crippen LogP contribution in [0.15, 0.2) is 53.6 Å². The van der Waals surface area contributed by atoms with Crippen molar-refractivity contribution in [3.05, 3.63) is 81.4 Å². The third-order valence-electron chi connectivity index (χ3n) is 7.08. The molecule has 1 fully saturated rings. The number of nitrogens with one attached hydrogen (secondary N) is 2. The first-order valence-electron chi connectivity index (χ1n) is 12.3. The van der Waals surface area contributed by atoms with Gasteiger partial charge >= 0.3 is 5.69 Å². The predicted molar refractivity (Wildman–Crippen MR) is 142 cm³/mol. The van der Waals surface area contributed by atoms with Gasteiger partial charge in [-0.1, -0.05) is 23.7 Å². The van der Waals surface area contributed by atoms with Crippen LogP contribution in [0.2, 0.25) is 5.02 Å². The van der Waals surface area contributed by atoms with Crippen molar-refractivity contribution in [3.8, 4) is 5.69 Å². The summed E-state index contributed by atoms with van der Waals surface area (Å²) in [6.45, 7) is 2.34. The van der Waals surface area contributed by atoms with Crippen molar-refractivity contribution in [1.29, 1.82) is 0 Å². The number of nitrogens with zero attached hydrogens (tertiary/aromatic N) is 4. The van der Waals surface area contributed by atoms with Crippen molar-refractivity contribution in [3.63, 3.8) is 0 Å². The van der Waals surface area contributed by atoms with E-state index < -0.39 is 5.82 Å². The van der Waals surface area contributed by atoms with E-state index in [4.69, 9.17) is 11.6 Å². The van der Waals surface area contributed by atoms with Gasteiger partial charge < -0.3 is 10.6 Å². The topological polar surface area (TPSA) is 93.8 Å². The first-order chi connectivity index (χ1) is 17.9. The Bertz CT molecular complexity index is 1520. The quantitative estimate of drug-likeness (QED) is 0.382. The molecule has 1 saturated carbocycles. The number of halogens is 2. The molecule has 1 amide bonds. The summed E-state index contributed by atoms with van der Waals surface area (Å²) in [6, 6.07) is 10.5. The van der Waals surface area contributed by atoms with Gasteiger partial charge in [0.2, 0.25) is 0 Å². The molecule has 0 saturated heterocycles. The Morgan fingerprint density at radius 2 is 1.84 bits per heavy atom. The SMILES string of the molecule is CNc1ncc(-n2c(=O)n(C[C@H]3CC[C@H](NC(=O)c4cc(Cl)cnc4C)CC3)c3ccccc32)cc1F. The lowest BCUT2D eigenvalue weighted by atomic mass is 9.85. The van der Waals surface area contributed by atoms with Gasteiger partial charge in [0, 0.05) is 31.9 Å². The monoisotopic (exact) mass is 522 g/mol. The molecule has 0 aliphatic heterocycles. The zero-order valence-corrected chi connectivity index (χ0v) is 21.4. The van der Waals surface area contributed by atoms with Crippen LogP contribution in [0.4, 0.5) is 10.2 Å². The minimum Gasteiger partial charge on any atom is -0.371 e. The predicted octanol–water partition coefficient (Wildman–Crippen LogP) is 4.71. The Hall–Kier alpha value is -3.72. The Morgan fingerprint density at radius 3 is 2.54 bits per heavy atom. The molecule has 1 aliphatic rings. The molecule has 0 unspecified atom stereocenters. The van der Waals surface area contributed by atoms with Crippen LogP contribution in [0.25, 0.3) is 16.7 Å². The fraction of sp³-hybridized carbons (Fsp3) is 0.333. The summed E-state index contributed by atoms with van der Waals surface area (Å²) in [5, 5.41) is 6.24. The van der Waals surface area contributed by atoms with E-state index in [-0.39, 0.29) is 29.4 Å². The summed E-state index contributed by atoms with van der Waals surface area (Å²) < 4.78 is 17.7. The molecular formula is C27H28ClFN6O2. The van der Waals surface area contributed by atoms with Gasteiger partial charge in [-0.05, 0) is 56.7 Å². The number of rotatable bonds is 6. The standard InChI is InChI=1S/C27H28ClFN6O2/c1-16-21(11-18(28)13-31-16)26(36)33-19-9-7-17(8-10-19)15-34-23-5-3-4-6-24(23)35(27(34)37)20-12-22(29)25(30-2)32-14-20/h3-6,11-14,17,19H,7-10,15H2,1-2H3,(H,30,32)(H,33,36)/t17-,19-. The lowest BCUT2D eigenvalue weighted by Gasteiger charge is -2.29. The molecule has 1 aromatic carbocycles. The van der Waals surface area contributed by atoms with E-state index in [2.05, 4.69) is 20.6 Å². The van der Waals surface area contributed by atoms with Crippen molar-refractivity contribution >= 4 is 34.4 Å². The lowest BCUT2D eigenvalue weighted by molar-refractivity contribution is 0.0919. The number of carbonyl (C=O) groups excluding carboxylic acids is 1. The van der Waals surface area contributed by atoms with Gasteiger partial charge in [-0.25, -0.2) is 14.2 Å². The van der Waals surface area contributed by atoms with Crippen molar-refractivity contribution in [2.24, 2.45) is 5.92 Å². The van der Waals surface area contributed by atoms with E-state index in [9.17, 15) is 14.0 Å². The zero-order chi connectivity index (χ0) is 26.1. The van der Waals surface area contributed by atoms with E-state index in [0.717, 1.165) is 31.2 Å². The van der Waals surface area contributed by atoms with E-state index in [1.54, 1.807) is 24.6 Å². The van der Waals surface area contributed by atoms with Crippen molar-refractivity contribution in [2.45, 2.75) is 45.2 Å². The van der Waals surface area contributed by atoms with Gasteiger partial charge in [0.05, 0.1) is 39.2 Å². The van der Waals surface area contributed by atoms with Gasteiger partial charge in [-0.3, -0.25) is 18.9 Å². The first kappa shape index (κ1) is 25.0. The Labute approximate surface area is 218 Å². The van der Waals surface area contributed by atoms with Crippen molar-refractivity contribution in [1.82, 2.24) is 24.4 Å². The number of amides is 1. The molecule has 5 rings (SSSR count). The second kappa shape index (κ2) is 10.3. The molecule has 2 N–H and O–H groups in total. The maximum absolute atomic E-state index is 14.4. The molecule has 4 aromatic rings. The number of hydrogen-bond donors (Lipinski definition) is 2. The average molecular weight is 523 g/mol. The van der Waals surface area contributed by atoms with Gasteiger partial charge in [-0.15, -0.1) is 0 Å². The molecule has 0 radical (unpaired) electrons. The molecule has 8 nitrogen and oxygen atoms in total. The minimum absolute atomic E-state index is 0.0555. The number of para-hydroxylation sites is 2. The van der Waals surface area contributed by atoms with E-state index >= 15 is 0 Å². The Balaban J connectivity index is 1.32. The van der Waals surface area contributed by atoms with Crippen LogP contribution < -0.4 is 16.3 Å². The summed E-state index contributed by atoms with van der Waals surface area (Å²) in [5.74, 6) is -0.277. The Kier molecular flexibility index (Phi) is 6.97. The molecule has 0 atom stereocenters. The maximum atomic E-state index is 14.4. The summed E-state index contributed by atoms with van der Waals surface area (Å²) in [5.41, 5.74) is 2.79. The Morgan fingerprint density at radius 1 is 1.11 bits per heavy atom. The van der Waals surface area contributed by atoms with Gasteiger partial charge in [0.15, 0.2) is 11.6 Å². The first-order valence-corrected chi connectivity index (χ1v) is 12.7. The van der Waals surface area contributed by atoms with E-state index in [1.807, 2.05) is 24.3 Å². The summed E-state index contributed by atoms with van der Waals surface area (Å²) in [7, 11) is 1.60. The van der Waals surface area contributed by atoms with Crippen LogP contribution >= 0.6 is 11.6 Å². The van der Waals surface area contributed by atoms with Crippen LogP contribution in [0.5, 0.6) is 0 Å². The van der Waals surface area contributed by atoms with Gasteiger partial charge in [0.1, 0.15) is 0 Å². The smallest absolute Gasteiger partial charge is 0.333 e. The molecule has 0 bridgehead atoms. The third kappa shape index (κ3) is 4.96. The molecule has 10 heteroatoms. The fourth-order valence-corrected chi connectivity index (χ4v) is 5.27. The second-order valence-corrected chi connectivity index (χ2v) is 9.91. The normalized spacial score (nSPS) is 17.6. The van der Waals surface area contributed by atoms with Crippen molar-refractivity contribution < 1.29 is 9.18 Å². The largest absolute Gasteiger partial charge is 0.371 e. The minimum atomic E-state index is -0.521. The highest BCUT2D eigenvalue weighted by Crippen LogP contribution is 2.28. The summed E-state index contributed by atoms with van der Waals surface area (Å²) in [6.07, 6.45) is 6.41. The molecule has 3 heterocycles. The maximum Gasteiger partial charge on any atom is 0.333 e. The number of benzene rings is 1. The highest BCUT2D eigenvalue weighted by molar-refractivity contribution is 6.30. The van der Waals surface area contributed by atoms with Crippen molar-refractivity contribution in [2.75, 3.05) is 12.4 Å². The van der Waals surface area contributed by atoms with Crippen LogP contribution in [-0.4, -0.2) is 38.1 Å². The number of hydrogen-bond acceptors (Lipinski definition) is 5. The van der Waals surface area contributed by atoms with E-state index in [0.29, 0.717) is 34.0 Å². The second-order valence-electron chi connectivity index (χ2n) is 9.47. The molecule has 3 aromatic heterocycles. The summed E-state index contributed by atoms with van der Waals surface area (Å²) >= 11 is 6.02. The molecule has 0 spiro atoms. The lowest BCUT2D eigenvalue weighted by Crippen LogP contribution is -2.39.